The number of nitrogens with one attached hydrogen (secondary N) is 1. The normalized spacial score (nSPS) is 22.9. The maximum absolute atomic E-state index is 15.4. The Morgan fingerprint density at radius 2 is 1.93 bits per heavy atom. The molecule has 2 aliphatic rings. The summed E-state index contributed by atoms with van der Waals surface area (Å²) in [7, 11) is 1.18. The summed E-state index contributed by atoms with van der Waals surface area (Å²) in [6, 6.07) is 2.75. The maximum Gasteiger partial charge on any atom is 0.408 e. The number of esters is 1. The minimum atomic E-state index is -3.54. The van der Waals surface area contributed by atoms with Gasteiger partial charge in [-0.15, -0.1) is 0 Å². The summed E-state index contributed by atoms with van der Waals surface area (Å²) >= 11 is 3.11. The second-order valence-electron chi connectivity index (χ2n) is 12.4. The van der Waals surface area contributed by atoms with E-state index in [1.807, 2.05) is 6.92 Å². The highest BCUT2D eigenvalue weighted by molar-refractivity contribution is 9.09. The van der Waals surface area contributed by atoms with Crippen LogP contribution in [0.3, 0.4) is 0 Å². The van der Waals surface area contributed by atoms with Crippen molar-refractivity contribution >= 4 is 44.9 Å². The van der Waals surface area contributed by atoms with Crippen LogP contribution >= 0.6 is 15.9 Å². The third-order valence-electron chi connectivity index (χ3n) is 7.87. The molecule has 1 aromatic carbocycles. The number of aliphatic hydroxyl groups is 1. The topological polar surface area (TPSA) is 140 Å². The SMILES string of the molecule is COC(=O)[C@@H]1C[C@@H](Oc2nc3cc(C)ccc3nc2C(F)(F)/C=C/CBr)CN1C(=O)[C@@H](NC(=O)O[C@@H]1CCC[C@H]1O)C(C)(C)C. The summed E-state index contributed by atoms with van der Waals surface area (Å²) in [5.41, 5.74) is -0.107. The van der Waals surface area contributed by atoms with Gasteiger partial charge in [-0.1, -0.05) is 48.8 Å². The van der Waals surface area contributed by atoms with Gasteiger partial charge in [-0.05, 0) is 55.4 Å². The molecule has 2 N–H and O–H groups in total. The standard InChI is InChI=1S/C31H39BrF2N4O7/c1-17-10-11-19-20(14-17)36-26(24(35-19)31(33,34)12-7-13-32)44-18-15-21(28(41)43-5)38(16-18)27(40)25(30(2,3)4)37-29(42)45-23-9-6-8-22(23)39/h7,10-12,14,18,21-23,25,39H,6,8-9,13,15-16H2,1-5H3,(H,37,42)/b12-7+/t18-,21+,22-,23-,25-/m1/s1. The predicted molar refractivity (Wildman–Crippen MR) is 164 cm³/mol. The van der Waals surface area contributed by atoms with Gasteiger partial charge in [-0.2, -0.15) is 8.78 Å². The Kier molecular flexibility index (Phi) is 10.7. The molecule has 1 saturated heterocycles. The minimum Gasteiger partial charge on any atom is -0.471 e. The fourth-order valence-electron chi connectivity index (χ4n) is 5.51. The van der Waals surface area contributed by atoms with Crippen LogP contribution in [0, 0.1) is 12.3 Å². The Balaban J connectivity index is 1.63. The molecule has 246 valence electrons. The van der Waals surface area contributed by atoms with Crippen molar-refractivity contribution in [2.24, 2.45) is 5.41 Å². The number of carbonyl (C=O) groups is 3. The zero-order valence-corrected chi connectivity index (χ0v) is 27.5. The van der Waals surface area contributed by atoms with E-state index in [0.717, 1.165) is 5.56 Å². The molecule has 1 aromatic heterocycles. The monoisotopic (exact) mass is 696 g/mol. The lowest BCUT2D eigenvalue weighted by atomic mass is 9.85. The van der Waals surface area contributed by atoms with E-state index in [-0.39, 0.29) is 23.8 Å². The number of nitrogens with zero attached hydrogens (tertiary/aromatic N) is 3. The van der Waals surface area contributed by atoms with Gasteiger partial charge in [0, 0.05) is 11.8 Å². The summed E-state index contributed by atoms with van der Waals surface area (Å²) in [6.45, 7) is 6.85. The van der Waals surface area contributed by atoms with Crippen LogP contribution in [0.25, 0.3) is 11.0 Å². The van der Waals surface area contributed by atoms with Crippen molar-refractivity contribution in [3.8, 4) is 5.88 Å². The van der Waals surface area contributed by atoms with Crippen molar-refractivity contribution in [3.63, 3.8) is 0 Å². The summed E-state index contributed by atoms with van der Waals surface area (Å²) in [5.74, 6) is -5.31. The molecule has 45 heavy (non-hydrogen) atoms. The van der Waals surface area contributed by atoms with Gasteiger partial charge in [0.25, 0.3) is 0 Å². The number of methoxy groups -OCH3 is 1. The highest BCUT2D eigenvalue weighted by atomic mass is 79.9. The number of aliphatic hydroxyl groups excluding tert-OH is 1. The molecule has 1 aliphatic heterocycles. The van der Waals surface area contributed by atoms with Crippen molar-refractivity contribution < 1.29 is 42.5 Å². The lowest BCUT2D eigenvalue weighted by Crippen LogP contribution is -2.57. The van der Waals surface area contributed by atoms with E-state index in [1.165, 1.54) is 18.1 Å². The number of allylic oxidation sites excluding steroid dienone is 2. The Morgan fingerprint density at radius 1 is 1.20 bits per heavy atom. The molecule has 4 rings (SSSR count). The van der Waals surface area contributed by atoms with Gasteiger partial charge in [-0.25, -0.2) is 19.6 Å². The third-order valence-corrected chi connectivity index (χ3v) is 8.24. The molecule has 1 saturated carbocycles. The van der Waals surface area contributed by atoms with Gasteiger partial charge in [0.2, 0.25) is 11.8 Å². The second-order valence-corrected chi connectivity index (χ2v) is 13.1. The van der Waals surface area contributed by atoms with Crippen LogP contribution in [-0.2, 0) is 25.0 Å². The molecule has 2 amide bonds. The first-order valence-corrected chi connectivity index (χ1v) is 15.9. The number of alkyl carbamates (subject to hydrolysis) is 1. The molecule has 2 aromatic rings. The number of hydrogen-bond acceptors (Lipinski definition) is 9. The zero-order chi connectivity index (χ0) is 33.1. The van der Waals surface area contributed by atoms with Crippen molar-refractivity contribution in [1.29, 1.82) is 0 Å². The lowest BCUT2D eigenvalue weighted by molar-refractivity contribution is -0.152. The van der Waals surface area contributed by atoms with E-state index in [2.05, 4.69) is 31.2 Å². The first-order valence-electron chi connectivity index (χ1n) is 14.7. The number of amides is 2. The Morgan fingerprint density at radius 3 is 2.56 bits per heavy atom. The van der Waals surface area contributed by atoms with Crippen molar-refractivity contribution in [1.82, 2.24) is 20.2 Å². The van der Waals surface area contributed by atoms with Crippen LogP contribution in [0.5, 0.6) is 5.88 Å². The highest BCUT2D eigenvalue weighted by Gasteiger charge is 2.47. The van der Waals surface area contributed by atoms with Crippen molar-refractivity contribution in [2.75, 3.05) is 19.0 Å². The average molecular weight is 698 g/mol. The summed E-state index contributed by atoms with van der Waals surface area (Å²) < 4.78 is 47.1. The first-order chi connectivity index (χ1) is 21.1. The Labute approximate surface area is 268 Å². The van der Waals surface area contributed by atoms with E-state index >= 15 is 8.78 Å². The van der Waals surface area contributed by atoms with Gasteiger partial charge < -0.3 is 29.5 Å². The molecule has 1 aliphatic carbocycles. The second kappa shape index (κ2) is 13.9. The number of benzene rings is 1. The number of alkyl halides is 3. The number of aryl methyl sites for hydroxylation is 1. The average Bonchev–Trinajstić information content (AvgIpc) is 3.58. The van der Waals surface area contributed by atoms with Gasteiger partial charge in [0.1, 0.15) is 24.3 Å². The smallest absolute Gasteiger partial charge is 0.408 e. The summed E-state index contributed by atoms with van der Waals surface area (Å²) in [6.07, 6.45) is 0.301. The molecule has 2 fully saturated rings. The minimum absolute atomic E-state index is 0.0796. The molecule has 0 unspecified atom stereocenters. The predicted octanol–water partition coefficient (Wildman–Crippen LogP) is 4.56. The molecule has 0 spiro atoms. The number of hydrogen-bond donors (Lipinski definition) is 2. The molecule has 14 heteroatoms. The van der Waals surface area contributed by atoms with Crippen LogP contribution in [0.4, 0.5) is 13.6 Å². The number of likely N-dealkylation sites (tertiary alicyclic amines) is 1. The first kappa shape index (κ1) is 34.5. The van der Waals surface area contributed by atoms with Gasteiger partial charge in [-0.3, -0.25) is 4.79 Å². The van der Waals surface area contributed by atoms with E-state index in [1.54, 1.807) is 39.0 Å². The van der Waals surface area contributed by atoms with Crippen LogP contribution < -0.4 is 10.1 Å². The molecular weight excluding hydrogens is 658 g/mol. The fraction of sp³-hybridized carbons (Fsp3) is 0.581. The van der Waals surface area contributed by atoms with Crippen molar-refractivity contribution in [2.45, 2.75) is 89.7 Å². The van der Waals surface area contributed by atoms with E-state index in [0.29, 0.717) is 30.9 Å². The number of aromatic nitrogens is 2. The maximum atomic E-state index is 15.4. The lowest BCUT2D eigenvalue weighted by Gasteiger charge is -2.35. The molecule has 0 radical (unpaired) electrons. The number of fused-ring (bicyclic) bond motifs is 1. The molecular formula is C31H39BrF2N4O7. The summed E-state index contributed by atoms with van der Waals surface area (Å²) in [5, 5.41) is 12.9. The Bertz CT molecular complexity index is 1450. The van der Waals surface area contributed by atoms with Gasteiger partial charge in [0.15, 0.2) is 5.69 Å². The quantitative estimate of drug-likeness (QED) is 0.219. The molecule has 11 nitrogen and oxygen atoms in total. The third kappa shape index (κ3) is 8.07. The van der Waals surface area contributed by atoms with Gasteiger partial charge in [0.05, 0.1) is 30.8 Å². The zero-order valence-electron chi connectivity index (χ0n) is 25.9. The number of rotatable bonds is 9. The molecule has 2 heterocycles. The fourth-order valence-corrected chi connectivity index (χ4v) is 5.70. The van der Waals surface area contributed by atoms with E-state index in [4.69, 9.17) is 14.2 Å². The number of halogens is 3. The van der Waals surface area contributed by atoms with E-state index < -0.39 is 71.3 Å². The van der Waals surface area contributed by atoms with Crippen LogP contribution in [0.15, 0.2) is 30.4 Å². The van der Waals surface area contributed by atoms with Gasteiger partial charge >= 0.3 is 18.0 Å². The van der Waals surface area contributed by atoms with E-state index in [9.17, 15) is 19.5 Å². The number of ether oxygens (including phenoxy) is 3. The van der Waals surface area contributed by atoms with Crippen LogP contribution in [-0.4, -0.2) is 87.3 Å². The molecule has 5 atom stereocenters. The van der Waals surface area contributed by atoms with Crippen molar-refractivity contribution in [3.05, 3.63) is 41.6 Å². The highest BCUT2D eigenvalue weighted by Crippen LogP contribution is 2.37. The largest absolute Gasteiger partial charge is 0.471 e. The Hall–Kier alpha value is -3.39. The number of carbonyl (C=O) groups excluding carboxylic acids is 3. The van der Waals surface area contributed by atoms with Crippen LogP contribution in [0.2, 0.25) is 0 Å². The molecule has 0 bridgehead atoms. The summed E-state index contributed by atoms with van der Waals surface area (Å²) in [4.78, 5) is 49.5. The van der Waals surface area contributed by atoms with Crippen LogP contribution in [0.1, 0.15) is 57.7 Å².